The standard InChI is InChI=1S/C19H21BrN2S/c1-21-11-10-17-16(12-21)15-4-3-5-18(19(15)22(17)2)23-14-8-6-13(20)7-9-14/h3-9,16-17H,10-12H2,1-2H3. The van der Waals surface area contributed by atoms with E-state index in [-0.39, 0.29) is 0 Å². The van der Waals surface area contributed by atoms with Crippen LogP contribution in [-0.2, 0) is 0 Å². The van der Waals surface area contributed by atoms with Crippen LogP contribution in [0, 0.1) is 0 Å². The van der Waals surface area contributed by atoms with Crippen LogP contribution in [0.15, 0.2) is 56.7 Å². The van der Waals surface area contributed by atoms with E-state index in [0.29, 0.717) is 12.0 Å². The first-order chi connectivity index (χ1) is 11.1. The highest BCUT2D eigenvalue weighted by atomic mass is 79.9. The Morgan fingerprint density at radius 3 is 2.65 bits per heavy atom. The van der Waals surface area contributed by atoms with Gasteiger partial charge in [-0.1, -0.05) is 39.8 Å². The lowest BCUT2D eigenvalue weighted by Crippen LogP contribution is -2.43. The van der Waals surface area contributed by atoms with Crippen LogP contribution < -0.4 is 4.90 Å². The van der Waals surface area contributed by atoms with Crippen LogP contribution in [0.2, 0.25) is 0 Å². The summed E-state index contributed by atoms with van der Waals surface area (Å²) in [5, 5.41) is 0. The summed E-state index contributed by atoms with van der Waals surface area (Å²) in [6.45, 7) is 2.38. The molecule has 1 fully saturated rings. The molecule has 2 unspecified atom stereocenters. The van der Waals surface area contributed by atoms with Crippen molar-refractivity contribution < 1.29 is 0 Å². The normalized spacial score (nSPS) is 23.7. The minimum absolute atomic E-state index is 0.652. The van der Waals surface area contributed by atoms with Crippen LogP contribution in [0.1, 0.15) is 17.9 Å². The van der Waals surface area contributed by atoms with Crippen molar-refractivity contribution in [2.45, 2.75) is 28.2 Å². The molecular formula is C19H21BrN2S. The summed E-state index contributed by atoms with van der Waals surface area (Å²) in [7, 11) is 4.52. The fraction of sp³-hybridized carbons (Fsp3) is 0.368. The fourth-order valence-electron chi connectivity index (χ4n) is 3.97. The summed E-state index contributed by atoms with van der Waals surface area (Å²) in [5.41, 5.74) is 2.98. The Morgan fingerprint density at radius 2 is 1.87 bits per heavy atom. The van der Waals surface area contributed by atoms with E-state index in [1.54, 1.807) is 0 Å². The minimum Gasteiger partial charge on any atom is -0.370 e. The van der Waals surface area contributed by atoms with Gasteiger partial charge in [-0.25, -0.2) is 0 Å². The topological polar surface area (TPSA) is 6.48 Å². The zero-order chi connectivity index (χ0) is 16.0. The number of likely N-dealkylation sites (tertiary alicyclic amines) is 1. The average molecular weight is 389 g/mol. The van der Waals surface area contributed by atoms with Gasteiger partial charge < -0.3 is 9.80 Å². The molecule has 4 rings (SSSR count). The van der Waals surface area contributed by atoms with E-state index in [4.69, 9.17) is 0 Å². The van der Waals surface area contributed by atoms with Crippen molar-refractivity contribution in [1.82, 2.24) is 4.90 Å². The number of likely N-dealkylation sites (N-methyl/N-ethyl adjacent to an activating group) is 2. The molecule has 0 aromatic heterocycles. The second-order valence-corrected chi connectivity index (χ2v) is 8.62. The second-order valence-electron chi connectivity index (χ2n) is 6.59. The Kier molecular flexibility index (Phi) is 4.16. The van der Waals surface area contributed by atoms with Gasteiger partial charge in [0, 0.05) is 39.8 Å². The molecule has 0 spiro atoms. The Hall–Kier alpha value is -0.970. The first-order valence-corrected chi connectivity index (χ1v) is 9.72. The molecule has 4 heteroatoms. The molecule has 0 bridgehead atoms. The van der Waals surface area contributed by atoms with Gasteiger partial charge in [0.2, 0.25) is 0 Å². The lowest BCUT2D eigenvalue weighted by Gasteiger charge is -2.35. The molecular weight excluding hydrogens is 368 g/mol. The Morgan fingerprint density at radius 1 is 1.09 bits per heavy atom. The number of nitrogens with zero attached hydrogens (tertiary/aromatic N) is 2. The largest absolute Gasteiger partial charge is 0.370 e. The zero-order valence-electron chi connectivity index (χ0n) is 13.5. The number of para-hydroxylation sites is 1. The fourth-order valence-corrected chi connectivity index (χ4v) is 5.26. The molecule has 0 amide bonds. The van der Waals surface area contributed by atoms with Crippen LogP contribution in [0.4, 0.5) is 5.69 Å². The molecule has 23 heavy (non-hydrogen) atoms. The molecule has 2 aromatic rings. The number of rotatable bonds is 2. The van der Waals surface area contributed by atoms with Gasteiger partial charge in [-0.2, -0.15) is 0 Å². The quantitative estimate of drug-likeness (QED) is 0.726. The second kappa shape index (κ2) is 6.15. The molecule has 0 N–H and O–H groups in total. The SMILES string of the molecule is CN1CCC2C(C1)c1cccc(Sc3ccc(Br)cc3)c1N2C. The van der Waals surface area contributed by atoms with E-state index in [1.165, 1.54) is 40.6 Å². The molecule has 2 aromatic carbocycles. The van der Waals surface area contributed by atoms with Gasteiger partial charge in [0.1, 0.15) is 0 Å². The predicted molar refractivity (Wildman–Crippen MR) is 102 cm³/mol. The molecule has 2 aliphatic heterocycles. The van der Waals surface area contributed by atoms with E-state index in [1.807, 2.05) is 11.8 Å². The maximum absolute atomic E-state index is 3.52. The summed E-state index contributed by atoms with van der Waals surface area (Å²) >= 11 is 5.39. The molecule has 2 aliphatic rings. The van der Waals surface area contributed by atoms with Gasteiger partial charge in [0.25, 0.3) is 0 Å². The Bertz CT molecular complexity index is 716. The summed E-state index contributed by atoms with van der Waals surface area (Å²) in [4.78, 5) is 7.68. The number of fused-ring (bicyclic) bond motifs is 3. The number of piperidine rings is 1. The van der Waals surface area contributed by atoms with Crippen LogP contribution in [0.3, 0.4) is 0 Å². The van der Waals surface area contributed by atoms with Gasteiger partial charge in [0.15, 0.2) is 0 Å². The Labute approximate surface area is 151 Å². The number of halogens is 1. The minimum atomic E-state index is 0.652. The summed E-state index contributed by atoms with van der Waals surface area (Å²) in [6.07, 6.45) is 1.26. The van der Waals surface area contributed by atoms with Crippen LogP contribution in [0.25, 0.3) is 0 Å². The first kappa shape index (κ1) is 15.6. The molecule has 0 aliphatic carbocycles. The molecule has 2 nitrogen and oxygen atoms in total. The van der Waals surface area contributed by atoms with Gasteiger partial charge in [0.05, 0.1) is 5.69 Å². The van der Waals surface area contributed by atoms with Crippen molar-refractivity contribution in [3.8, 4) is 0 Å². The number of hydrogen-bond acceptors (Lipinski definition) is 3. The third-order valence-electron chi connectivity index (χ3n) is 5.10. The summed E-state index contributed by atoms with van der Waals surface area (Å²) < 4.78 is 1.13. The predicted octanol–water partition coefficient (Wildman–Crippen LogP) is 4.84. The monoisotopic (exact) mass is 388 g/mol. The third-order valence-corrected chi connectivity index (χ3v) is 6.69. The van der Waals surface area contributed by atoms with Crippen molar-refractivity contribution >= 4 is 33.4 Å². The van der Waals surface area contributed by atoms with Crippen LogP contribution in [-0.4, -0.2) is 38.1 Å². The van der Waals surface area contributed by atoms with Gasteiger partial charge in [-0.05, 0) is 55.9 Å². The molecule has 1 saturated heterocycles. The highest BCUT2D eigenvalue weighted by Gasteiger charge is 2.40. The highest BCUT2D eigenvalue weighted by molar-refractivity contribution is 9.10. The Balaban J connectivity index is 1.70. The van der Waals surface area contributed by atoms with Crippen molar-refractivity contribution in [3.63, 3.8) is 0 Å². The van der Waals surface area contributed by atoms with Crippen molar-refractivity contribution in [3.05, 3.63) is 52.5 Å². The van der Waals surface area contributed by atoms with E-state index in [0.717, 1.165) is 4.47 Å². The van der Waals surface area contributed by atoms with Crippen LogP contribution >= 0.6 is 27.7 Å². The van der Waals surface area contributed by atoms with Crippen molar-refractivity contribution in [2.75, 3.05) is 32.1 Å². The maximum Gasteiger partial charge on any atom is 0.0544 e. The van der Waals surface area contributed by atoms with Crippen LogP contribution in [0.5, 0.6) is 0 Å². The van der Waals surface area contributed by atoms with Gasteiger partial charge in [-0.15, -0.1) is 0 Å². The van der Waals surface area contributed by atoms with E-state index >= 15 is 0 Å². The molecule has 120 valence electrons. The first-order valence-electron chi connectivity index (χ1n) is 8.11. The van der Waals surface area contributed by atoms with Crippen molar-refractivity contribution in [1.29, 1.82) is 0 Å². The summed E-state index contributed by atoms with van der Waals surface area (Å²) in [6, 6.07) is 16.1. The molecule has 2 atom stereocenters. The lowest BCUT2D eigenvalue weighted by atomic mass is 9.89. The molecule has 0 radical (unpaired) electrons. The van der Waals surface area contributed by atoms with E-state index in [2.05, 4.69) is 82.3 Å². The molecule has 2 heterocycles. The van der Waals surface area contributed by atoms with E-state index in [9.17, 15) is 0 Å². The highest BCUT2D eigenvalue weighted by Crippen LogP contribution is 2.49. The maximum atomic E-state index is 3.52. The zero-order valence-corrected chi connectivity index (χ0v) is 15.9. The number of hydrogen-bond donors (Lipinski definition) is 0. The molecule has 0 saturated carbocycles. The smallest absolute Gasteiger partial charge is 0.0544 e. The lowest BCUT2D eigenvalue weighted by molar-refractivity contribution is 0.234. The van der Waals surface area contributed by atoms with Crippen molar-refractivity contribution in [2.24, 2.45) is 0 Å². The number of anilines is 1. The van der Waals surface area contributed by atoms with Gasteiger partial charge in [-0.3, -0.25) is 0 Å². The number of benzene rings is 2. The third kappa shape index (κ3) is 2.81. The average Bonchev–Trinajstić information content (AvgIpc) is 2.83. The summed E-state index contributed by atoms with van der Waals surface area (Å²) in [5.74, 6) is 0.652. The van der Waals surface area contributed by atoms with E-state index < -0.39 is 0 Å². The van der Waals surface area contributed by atoms with Gasteiger partial charge >= 0.3 is 0 Å².